The zero-order valence-electron chi connectivity index (χ0n) is 45.2. The molecule has 0 aliphatic heterocycles. The molecule has 11 aromatic rings. The summed E-state index contributed by atoms with van der Waals surface area (Å²) >= 11 is 10.6. The second kappa shape index (κ2) is 22.1. The van der Waals surface area contributed by atoms with Gasteiger partial charge >= 0.3 is 5.97 Å². The van der Waals surface area contributed by atoms with Crippen LogP contribution in [0.2, 0.25) is 0 Å². The van der Waals surface area contributed by atoms with Gasteiger partial charge in [-0.2, -0.15) is 0 Å². The minimum Gasteiger partial charge on any atom is -0.465 e. The van der Waals surface area contributed by atoms with E-state index >= 15 is 0 Å². The number of rotatable bonds is 6. The number of ether oxygens (including phenoxy) is 1. The average Bonchev–Trinajstić information content (AvgIpc) is 3.99. The molecule has 0 saturated carbocycles. The van der Waals surface area contributed by atoms with Gasteiger partial charge in [-0.1, -0.05) is 256 Å². The highest BCUT2D eigenvalue weighted by atomic mass is 79.9. The smallest absolute Gasteiger partial charge is 0.338 e. The lowest BCUT2D eigenvalue weighted by Crippen LogP contribution is -2.30. The van der Waals surface area contributed by atoms with Crippen molar-refractivity contribution in [1.82, 2.24) is 0 Å². The highest BCUT2D eigenvalue weighted by molar-refractivity contribution is 9.11. The zero-order valence-corrected chi connectivity index (χ0v) is 49.9. The molecule has 9 aromatic carbocycles. The number of benzene rings is 9. The molecule has 2 aromatic heterocycles. The maximum absolute atomic E-state index is 13.1. The third-order valence-corrected chi connectivity index (χ3v) is 15.7. The molecule has 11 rings (SSSR count). The second-order valence-electron chi connectivity index (χ2n) is 22.6. The topological polar surface area (TPSA) is 72.8 Å². The van der Waals surface area contributed by atoms with E-state index in [4.69, 9.17) is 13.6 Å². The summed E-state index contributed by atoms with van der Waals surface area (Å²) in [5.74, 6) is -0.376. The summed E-state index contributed by atoms with van der Waals surface area (Å²) in [6.45, 7) is 19.9. The lowest BCUT2D eigenvalue weighted by atomic mass is 9.75. The first-order valence-corrected chi connectivity index (χ1v) is 28.1. The van der Waals surface area contributed by atoms with Crippen molar-refractivity contribution in [1.29, 1.82) is 0 Å². The van der Waals surface area contributed by atoms with Crippen molar-refractivity contribution >= 4 is 97.6 Å². The number of methoxy groups -OCH3 is 1. The molecule has 0 radical (unpaired) electrons. The Labute approximate surface area is 477 Å². The van der Waals surface area contributed by atoms with Gasteiger partial charge in [0, 0.05) is 51.7 Å². The number of para-hydroxylation sites is 4. The summed E-state index contributed by atoms with van der Waals surface area (Å²) in [6.07, 6.45) is 0. The van der Waals surface area contributed by atoms with Crippen LogP contribution >= 0.6 is 47.8 Å². The summed E-state index contributed by atoms with van der Waals surface area (Å²) in [4.78, 5) is 12.2. The maximum atomic E-state index is 13.1. The van der Waals surface area contributed by atoms with Crippen LogP contribution in [0.5, 0.6) is 0 Å². The van der Waals surface area contributed by atoms with E-state index in [2.05, 4.69) is 213 Å². The number of carbonyl (C=O) groups excluding carboxylic acids is 1. The molecule has 8 heteroatoms. The predicted octanol–water partition coefficient (Wildman–Crippen LogP) is 20.4. The summed E-state index contributed by atoms with van der Waals surface area (Å²) in [6, 6.07) is 65.4. The summed E-state index contributed by atoms with van der Waals surface area (Å²) in [5.41, 5.74) is 12.4. The van der Waals surface area contributed by atoms with E-state index in [1.54, 1.807) is 6.07 Å². The standard InChI is InChI=1S/C39H37BrO2.C20H13BrO3.C10H13Br/c1-37(2,3)25-14-18-27(19-15-25)39(41,28-20-16-26(17-21-28)38(4,5)6)34-24-29(40)22-23-30(34)32-11-9-12-33-31-10-7-8-13-35(31)42-36(32)33;1-23-20(22)17-11-12(21)9-10-13(17)15-6-4-7-16-14-5-2-3-8-18(14)24-19(15)16;1-10(2,3)8-4-6-9(11)7-5-8/h7-24,41H,1-6H3;2-11H,1H3;4-7H,1-3H3. The number of furan rings is 2. The van der Waals surface area contributed by atoms with Gasteiger partial charge in [-0.3, -0.25) is 0 Å². The number of halogens is 3. The lowest BCUT2D eigenvalue weighted by molar-refractivity contribution is 0.0601. The Morgan fingerprint density at radius 3 is 1.21 bits per heavy atom. The summed E-state index contributed by atoms with van der Waals surface area (Å²) in [5, 5.41) is 17.4. The summed E-state index contributed by atoms with van der Waals surface area (Å²) in [7, 11) is 1.38. The van der Waals surface area contributed by atoms with Crippen LogP contribution in [0.15, 0.2) is 216 Å². The van der Waals surface area contributed by atoms with Crippen molar-refractivity contribution in [3.05, 3.63) is 246 Å². The van der Waals surface area contributed by atoms with Crippen molar-refractivity contribution in [2.24, 2.45) is 0 Å². The van der Waals surface area contributed by atoms with Gasteiger partial charge in [0.25, 0.3) is 0 Å². The van der Waals surface area contributed by atoms with Crippen molar-refractivity contribution < 1.29 is 23.5 Å². The van der Waals surface area contributed by atoms with Crippen molar-refractivity contribution in [2.45, 2.75) is 84.2 Å². The fourth-order valence-corrected chi connectivity index (χ4v) is 10.8. The molecule has 0 atom stereocenters. The van der Waals surface area contributed by atoms with Crippen LogP contribution in [-0.4, -0.2) is 18.2 Å². The number of esters is 1. The predicted molar refractivity (Wildman–Crippen MR) is 330 cm³/mol. The van der Waals surface area contributed by atoms with Crippen LogP contribution in [-0.2, 0) is 26.6 Å². The molecular weight excluding hydrogens is 1150 g/mol. The maximum Gasteiger partial charge on any atom is 0.338 e. The number of hydrogen-bond donors (Lipinski definition) is 1. The van der Waals surface area contributed by atoms with E-state index in [0.717, 1.165) is 96.2 Å². The fourth-order valence-electron chi connectivity index (χ4n) is 9.85. The lowest BCUT2D eigenvalue weighted by Gasteiger charge is -2.33. The molecule has 0 unspecified atom stereocenters. The van der Waals surface area contributed by atoms with Gasteiger partial charge in [-0.25, -0.2) is 4.79 Å². The Morgan fingerprint density at radius 2 is 0.766 bits per heavy atom. The van der Waals surface area contributed by atoms with Gasteiger partial charge in [0.15, 0.2) is 0 Å². The van der Waals surface area contributed by atoms with Gasteiger partial charge in [0.05, 0.1) is 12.7 Å². The Bertz CT molecular complexity index is 3840. The third-order valence-electron chi connectivity index (χ3n) is 14.2. The first-order valence-electron chi connectivity index (χ1n) is 25.8. The Kier molecular flexibility index (Phi) is 15.8. The molecule has 77 heavy (non-hydrogen) atoms. The highest BCUT2D eigenvalue weighted by Crippen LogP contribution is 2.46. The molecule has 0 fully saturated rings. The van der Waals surface area contributed by atoms with E-state index in [1.165, 1.54) is 23.8 Å². The van der Waals surface area contributed by atoms with Crippen molar-refractivity contribution in [3.63, 3.8) is 0 Å². The first-order chi connectivity index (χ1) is 36.6. The molecule has 0 aliphatic carbocycles. The molecule has 0 amide bonds. The number of hydrogen-bond acceptors (Lipinski definition) is 5. The molecule has 0 bridgehead atoms. The van der Waals surface area contributed by atoms with Gasteiger partial charge in [-0.15, -0.1) is 0 Å². The summed E-state index contributed by atoms with van der Waals surface area (Å²) < 4.78 is 20.3. The Hall–Kier alpha value is -6.55. The Morgan fingerprint density at radius 1 is 0.403 bits per heavy atom. The van der Waals surface area contributed by atoms with Gasteiger partial charge in [-0.05, 0) is 104 Å². The SMILES string of the molecule is CC(C)(C)c1ccc(Br)cc1.CC(C)(C)c1ccc(C(O)(c2ccc(C(C)(C)C)cc2)c2cc(Br)ccc2-c2cccc3c2oc2ccccc23)cc1.COC(=O)c1cc(Br)ccc1-c1cccc2c1oc1ccccc12. The van der Waals surface area contributed by atoms with Crippen LogP contribution in [0.4, 0.5) is 0 Å². The third kappa shape index (κ3) is 11.5. The van der Waals surface area contributed by atoms with Crippen LogP contribution in [0.3, 0.4) is 0 Å². The van der Waals surface area contributed by atoms with Crippen LogP contribution < -0.4 is 0 Å². The minimum atomic E-state index is -1.43. The molecule has 2 heterocycles. The van der Waals surface area contributed by atoms with Gasteiger partial charge < -0.3 is 18.7 Å². The average molecular weight is 1210 g/mol. The van der Waals surface area contributed by atoms with E-state index in [0.29, 0.717) is 5.56 Å². The number of aliphatic hydroxyl groups is 1. The van der Waals surface area contributed by atoms with Crippen LogP contribution in [0.25, 0.3) is 66.1 Å². The Balaban J connectivity index is 0.000000172. The van der Waals surface area contributed by atoms with Crippen molar-refractivity contribution in [3.8, 4) is 22.3 Å². The molecule has 1 N–H and O–H groups in total. The van der Waals surface area contributed by atoms with E-state index in [1.807, 2.05) is 84.9 Å². The van der Waals surface area contributed by atoms with Crippen LogP contribution in [0.1, 0.15) is 106 Å². The van der Waals surface area contributed by atoms with E-state index in [9.17, 15) is 9.90 Å². The molecule has 0 saturated heterocycles. The molecule has 390 valence electrons. The second-order valence-corrected chi connectivity index (χ2v) is 25.3. The van der Waals surface area contributed by atoms with Crippen LogP contribution in [0, 0.1) is 0 Å². The molecule has 0 aliphatic rings. The van der Waals surface area contributed by atoms with E-state index < -0.39 is 5.60 Å². The van der Waals surface area contributed by atoms with E-state index in [-0.39, 0.29) is 22.2 Å². The quantitative estimate of drug-likeness (QED) is 0.133. The monoisotopic (exact) mass is 1210 g/mol. The van der Waals surface area contributed by atoms with Gasteiger partial charge in [0.2, 0.25) is 0 Å². The first kappa shape index (κ1) is 55.2. The zero-order chi connectivity index (χ0) is 55.0. The normalized spacial score (nSPS) is 12.1. The molecule has 5 nitrogen and oxygen atoms in total. The molecule has 0 spiro atoms. The minimum absolute atomic E-state index is 0.00285. The van der Waals surface area contributed by atoms with Gasteiger partial charge in [0.1, 0.15) is 27.9 Å². The largest absolute Gasteiger partial charge is 0.465 e. The number of carbonyl (C=O) groups is 1. The fraction of sp³-hybridized carbons (Fsp3) is 0.203. The number of fused-ring (bicyclic) bond motifs is 6. The molecular formula is C69H63Br3O5. The van der Waals surface area contributed by atoms with Crippen molar-refractivity contribution in [2.75, 3.05) is 7.11 Å². The highest BCUT2D eigenvalue weighted by Gasteiger charge is 2.37.